The Balaban J connectivity index is 1.95. The van der Waals surface area contributed by atoms with E-state index in [9.17, 15) is 4.79 Å². The number of nitrogens with one attached hydrogen (secondary N) is 1. The third-order valence-electron chi connectivity index (χ3n) is 4.34. The van der Waals surface area contributed by atoms with Crippen molar-refractivity contribution < 1.29 is 4.79 Å². The molecule has 0 radical (unpaired) electrons. The fraction of sp³-hybridized carbons (Fsp3) is 0.421. The molecule has 6 heteroatoms. The molecule has 1 aromatic carbocycles. The van der Waals surface area contributed by atoms with Gasteiger partial charge in [0.05, 0.1) is 0 Å². The molecule has 1 amide bonds. The van der Waals surface area contributed by atoms with Gasteiger partial charge in [-0.1, -0.05) is 37.3 Å². The van der Waals surface area contributed by atoms with Crippen molar-refractivity contribution in [3.05, 3.63) is 42.1 Å². The molecule has 1 aromatic heterocycles. The van der Waals surface area contributed by atoms with E-state index < -0.39 is 0 Å². The molecule has 2 heterocycles. The predicted octanol–water partition coefficient (Wildman–Crippen LogP) is 2.04. The van der Waals surface area contributed by atoms with E-state index in [1.807, 2.05) is 43.3 Å². The monoisotopic (exact) mass is 339 g/mol. The molecule has 1 fully saturated rings. The van der Waals surface area contributed by atoms with E-state index >= 15 is 0 Å². The second-order valence-corrected chi connectivity index (χ2v) is 6.35. The summed E-state index contributed by atoms with van der Waals surface area (Å²) >= 11 is 0. The van der Waals surface area contributed by atoms with Crippen LogP contribution in [-0.2, 0) is 0 Å². The van der Waals surface area contributed by atoms with E-state index in [2.05, 4.69) is 27.1 Å². The van der Waals surface area contributed by atoms with E-state index in [1.54, 1.807) is 0 Å². The van der Waals surface area contributed by atoms with Gasteiger partial charge in [-0.05, 0) is 13.5 Å². The quantitative estimate of drug-likeness (QED) is 0.903. The van der Waals surface area contributed by atoms with Gasteiger partial charge in [-0.3, -0.25) is 4.79 Å². The minimum atomic E-state index is -0.142. The average molecular weight is 339 g/mol. The van der Waals surface area contributed by atoms with Crippen LogP contribution in [0.2, 0.25) is 0 Å². The molecule has 1 N–H and O–H groups in total. The van der Waals surface area contributed by atoms with E-state index in [0.29, 0.717) is 18.1 Å². The number of rotatable bonds is 5. The highest BCUT2D eigenvalue weighted by Gasteiger charge is 2.19. The summed E-state index contributed by atoms with van der Waals surface area (Å²) in [6.07, 6.45) is 0.897. The molecule has 0 aliphatic carbocycles. The molecule has 0 bridgehead atoms. The molecular weight excluding hydrogens is 314 g/mol. The van der Waals surface area contributed by atoms with Crippen molar-refractivity contribution >= 4 is 11.7 Å². The van der Waals surface area contributed by atoms with Crippen LogP contribution in [0.15, 0.2) is 36.4 Å². The molecule has 1 aliphatic heterocycles. The third kappa shape index (κ3) is 4.33. The number of carbonyl (C=O) groups is 1. The molecule has 1 aliphatic rings. The molecule has 1 saturated heterocycles. The van der Waals surface area contributed by atoms with Crippen LogP contribution in [0.25, 0.3) is 11.4 Å². The Morgan fingerprint density at radius 1 is 1.12 bits per heavy atom. The number of amides is 1. The average Bonchev–Trinajstić information content (AvgIpc) is 2.67. The van der Waals surface area contributed by atoms with Gasteiger partial charge in [0.2, 0.25) is 0 Å². The van der Waals surface area contributed by atoms with Crippen molar-refractivity contribution in [2.24, 2.45) is 0 Å². The van der Waals surface area contributed by atoms with Crippen LogP contribution in [0.1, 0.15) is 23.8 Å². The summed E-state index contributed by atoms with van der Waals surface area (Å²) in [5.74, 6) is 1.28. The number of hydrogen-bond acceptors (Lipinski definition) is 5. The van der Waals surface area contributed by atoms with Gasteiger partial charge in [0, 0.05) is 44.4 Å². The van der Waals surface area contributed by atoms with Gasteiger partial charge < -0.3 is 15.1 Å². The molecule has 0 spiro atoms. The number of nitrogens with zero attached hydrogens (tertiary/aromatic N) is 4. The van der Waals surface area contributed by atoms with Crippen LogP contribution in [0, 0.1) is 0 Å². The molecular formula is C19H25N5O. The van der Waals surface area contributed by atoms with Gasteiger partial charge in [-0.15, -0.1) is 0 Å². The lowest BCUT2D eigenvalue weighted by Crippen LogP contribution is -2.45. The van der Waals surface area contributed by atoms with E-state index in [4.69, 9.17) is 4.98 Å². The van der Waals surface area contributed by atoms with Crippen LogP contribution < -0.4 is 10.2 Å². The number of hydrogen-bond donors (Lipinski definition) is 1. The first kappa shape index (κ1) is 17.4. The van der Waals surface area contributed by atoms with Crippen molar-refractivity contribution in [1.82, 2.24) is 20.2 Å². The van der Waals surface area contributed by atoms with Crippen LogP contribution in [0.4, 0.5) is 5.82 Å². The molecule has 3 rings (SSSR count). The Morgan fingerprint density at radius 3 is 2.52 bits per heavy atom. The highest BCUT2D eigenvalue weighted by molar-refractivity contribution is 5.93. The Bertz CT molecular complexity index is 711. The van der Waals surface area contributed by atoms with E-state index in [1.165, 1.54) is 0 Å². The number of benzene rings is 1. The summed E-state index contributed by atoms with van der Waals surface area (Å²) in [5.41, 5.74) is 1.35. The van der Waals surface area contributed by atoms with Gasteiger partial charge >= 0.3 is 0 Å². The third-order valence-corrected chi connectivity index (χ3v) is 4.34. The maximum Gasteiger partial charge on any atom is 0.270 e. The van der Waals surface area contributed by atoms with Crippen LogP contribution in [0.3, 0.4) is 0 Å². The number of aromatic nitrogens is 2. The van der Waals surface area contributed by atoms with E-state index in [-0.39, 0.29) is 5.91 Å². The van der Waals surface area contributed by atoms with Gasteiger partial charge in [0.1, 0.15) is 11.5 Å². The van der Waals surface area contributed by atoms with Crippen molar-refractivity contribution in [3.8, 4) is 11.4 Å². The molecule has 0 atom stereocenters. The van der Waals surface area contributed by atoms with Crippen molar-refractivity contribution in [3.63, 3.8) is 0 Å². The van der Waals surface area contributed by atoms with Crippen molar-refractivity contribution in [2.75, 3.05) is 44.7 Å². The maximum absolute atomic E-state index is 12.4. The first-order chi connectivity index (χ1) is 12.2. The maximum atomic E-state index is 12.4. The van der Waals surface area contributed by atoms with Gasteiger partial charge in [-0.2, -0.15) is 0 Å². The normalized spacial score (nSPS) is 15.2. The SMILES string of the molecule is CCCNC(=O)c1cc(N2CCN(C)CC2)nc(-c2ccccc2)n1. The second-order valence-electron chi connectivity index (χ2n) is 6.35. The van der Waals surface area contributed by atoms with Gasteiger partial charge in [-0.25, -0.2) is 9.97 Å². The number of likely N-dealkylation sites (N-methyl/N-ethyl adjacent to an activating group) is 1. The summed E-state index contributed by atoms with van der Waals surface area (Å²) in [7, 11) is 2.12. The first-order valence-electron chi connectivity index (χ1n) is 8.83. The lowest BCUT2D eigenvalue weighted by molar-refractivity contribution is 0.0948. The minimum absolute atomic E-state index is 0.142. The Kier molecular flexibility index (Phi) is 5.60. The minimum Gasteiger partial charge on any atom is -0.354 e. The number of piperazine rings is 1. The summed E-state index contributed by atoms with van der Waals surface area (Å²) in [5, 5.41) is 2.91. The Labute approximate surface area is 148 Å². The summed E-state index contributed by atoms with van der Waals surface area (Å²) in [6.45, 7) is 6.46. The Morgan fingerprint density at radius 2 is 1.84 bits per heavy atom. The lowest BCUT2D eigenvalue weighted by Gasteiger charge is -2.33. The van der Waals surface area contributed by atoms with Gasteiger partial charge in [0.15, 0.2) is 5.82 Å². The van der Waals surface area contributed by atoms with Crippen molar-refractivity contribution in [1.29, 1.82) is 0 Å². The molecule has 132 valence electrons. The molecule has 25 heavy (non-hydrogen) atoms. The highest BCUT2D eigenvalue weighted by Crippen LogP contribution is 2.21. The zero-order valence-electron chi connectivity index (χ0n) is 14.9. The standard InChI is InChI=1S/C19H25N5O/c1-3-9-20-19(25)16-14-17(24-12-10-23(2)11-13-24)22-18(21-16)15-7-5-4-6-8-15/h4-8,14H,3,9-13H2,1-2H3,(H,20,25). The van der Waals surface area contributed by atoms with E-state index in [0.717, 1.165) is 44.0 Å². The number of carbonyl (C=O) groups excluding carboxylic acids is 1. The summed E-state index contributed by atoms with van der Waals surface area (Å²) < 4.78 is 0. The zero-order chi connectivity index (χ0) is 17.6. The summed E-state index contributed by atoms with van der Waals surface area (Å²) in [4.78, 5) is 26.2. The smallest absolute Gasteiger partial charge is 0.270 e. The van der Waals surface area contributed by atoms with Crippen LogP contribution in [0.5, 0.6) is 0 Å². The number of anilines is 1. The molecule has 6 nitrogen and oxygen atoms in total. The first-order valence-corrected chi connectivity index (χ1v) is 8.83. The second kappa shape index (κ2) is 8.07. The van der Waals surface area contributed by atoms with Crippen LogP contribution >= 0.6 is 0 Å². The summed E-state index contributed by atoms with van der Waals surface area (Å²) in [6, 6.07) is 11.6. The molecule has 0 unspecified atom stereocenters. The largest absolute Gasteiger partial charge is 0.354 e. The molecule has 0 saturated carbocycles. The highest BCUT2D eigenvalue weighted by atomic mass is 16.1. The zero-order valence-corrected chi connectivity index (χ0v) is 14.9. The predicted molar refractivity (Wildman–Crippen MR) is 99.8 cm³/mol. The van der Waals surface area contributed by atoms with Crippen molar-refractivity contribution in [2.45, 2.75) is 13.3 Å². The topological polar surface area (TPSA) is 61.4 Å². The Hall–Kier alpha value is -2.47. The van der Waals surface area contributed by atoms with Gasteiger partial charge in [0.25, 0.3) is 5.91 Å². The fourth-order valence-electron chi connectivity index (χ4n) is 2.79. The van der Waals surface area contributed by atoms with Crippen LogP contribution in [-0.4, -0.2) is 60.5 Å². The lowest BCUT2D eigenvalue weighted by atomic mass is 10.2. The fourth-order valence-corrected chi connectivity index (χ4v) is 2.79. The molecule has 2 aromatic rings.